The maximum atomic E-state index is 12.1. The lowest BCUT2D eigenvalue weighted by Gasteiger charge is -2.29. The summed E-state index contributed by atoms with van der Waals surface area (Å²) in [4.78, 5) is 23.7. The van der Waals surface area contributed by atoms with Gasteiger partial charge in [0.1, 0.15) is 0 Å². The van der Waals surface area contributed by atoms with Crippen LogP contribution in [0.1, 0.15) is 43.0 Å². The Morgan fingerprint density at radius 1 is 1.17 bits per heavy atom. The summed E-state index contributed by atoms with van der Waals surface area (Å²) in [6.45, 7) is 2.12. The molecule has 2 bridgehead atoms. The molecule has 0 spiro atoms. The lowest BCUT2D eigenvalue weighted by Crippen LogP contribution is -2.49. The van der Waals surface area contributed by atoms with Gasteiger partial charge in [0.05, 0.1) is 12.2 Å². The average molecular weight is 317 g/mol. The number of benzene rings is 1. The van der Waals surface area contributed by atoms with Crippen molar-refractivity contribution in [2.45, 2.75) is 50.7 Å². The van der Waals surface area contributed by atoms with Gasteiger partial charge in [-0.15, -0.1) is 0 Å². The Labute approximate surface area is 136 Å². The molecule has 2 aliphatic rings. The fraction of sp³-hybridized carbons (Fsp3) is 0.529. The van der Waals surface area contributed by atoms with Crippen LogP contribution >= 0.6 is 0 Å². The van der Waals surface area contributed by atoms with Crippen molar-refractivity contribution in [3.63, 3.8) is 0 Å². The molecule has 2 aliphatic heterocycles. The first-order valence-corrected chi connectivity index (χ1v) is 8.25. The first-order chi connectivity index (χ1) is 11.1. The van der Waals surface area contributed by atoms with Gasteiger partial charge < -0.3 is 20.7 Å². The van der Waals surface area contributed by atoms with E-state index in [0.29, 0.717) is 29.9 Å². The van der Waals surface area contributed by atoms with E-state index in [1.807, 2.05) is 0 Å². The number of piperidine rings is 1. The number of carbonyl (C=O) groups is 2. The first-order valence-electron chi connectivity index (χ1n) is 8.25. The molecule has 0 unspecified atom stereocenters. The standard InChI is InChI=1S/C17H23N3O3/c1-2-23-16(21)11-3-5-12(6-4-11)19-17(22)20-15-9-13-7-8-14(10-15)18-13/h3-6,13-15,18H,2,7-10H2,1H3,(H2,19,20,22)/t13-,14-/m1/s1. The SMILES string of the molecule is CCOC(=O)c1ccc(NC(=O)NC2C[C@H]3CC[C@H](C2)N3)cc1. The van der Waals surface area contributed by atoms with Crippen LogP contribution < -0.4 is 16.0 Å². The minimum Gasteiger partial charge on any atom is -0.462 e. The van der Waals surface area contributed by atoms with Crippen molar-refractivity contribution in [3.05, 3.63) is 29.8 Å². The van der Waals surface area contributed by atoms with Crippen LogP contribution in [0.5, 0.6) is 0 Å². The van der Waals surface area contributed by atoms with Crippen LogP contribution in [0.3, 0.4) is 0 Å². The number of amides is 2. The second kappa shape index (κ2) is 7.00. The highest BCUT2D eigenvalue weighted by atomic mass is 16.5. The molecule has 124 valence electrons. The van der Waals surface area contributed by atoms with Crippen LogP contribution in [-0.4, -0.2) is 36.7 Å². The van der Waals surface area contributed by atoms with Gasteiger partial charge in [-0.25, -0.2) is 9.59 Å². The molecule has 6 heteroatoms. The molecular weight excluding hydrogens is 294 g/mol. The van der Waals surface area contributed by atoms with Gasteiger partial charge in [0.15, 0.2) is 0 Å². The molecule has 0 aliphatic carbocycles. The number of fused-ring (bicyclic) bond motifs is 2. The van der Waals surface area contributed by atoms with Crippen LogP contribution in [0, 0.1) is 0 Å². The maximum Gasteiger partial charge on any atom is 0.338 e. The predicted molar refractivity (Wildman–Crippen MR) is 87.5 cm³/mol. The maximum absolute atomic E-state index is 12.1. The van der Waals surface area contributed by atoms with Crippen LogP contribution in [0.2, 0.25) is 0 Å². The Hall–Kier alpha value is -2.08. The van der Waals surface area contributed by atoms with Crippen molar-refractivity contribution < 1.29 is 14.3 Å². The Bertz CT molecular complexity index is 561. The summed E-state index contributed by atoms with van der Waals surface area (Å²) < 4.78 is 4.93. The van der Waals surface area contributed by atoms with Crippen molar-refractivity contribution in [1.29, 1.82) is 0 Å². The number of ether oxygens (including phenoxy) is 1. The molecule has 0 aromatic heterocycles. The zero-order valence-electron chi connectivity index (χ0n) is 13.3. The molecule has 2 atom stereocenters. The fourth-order valence-electron chi connectivity index (χ4n) is 3.43. The largest absolute Gasteiger partial charge is 0.462 e. The Morgan fingerprint density at radius 3 is 2.43 bits per heavy atom. The molecule has 23 heavy (non-hydrogen) atoms. The van der Waals surface area contributed by atoms with Crippen LogP contribution in [0.15, 0.2) is 24.3 Å². The van der Waals surface area contributed by atoms with E-state index in [-0.39, 0.29) is 18.0 Å². The van der Waals surface area contributed by atoms with Crippen molar-refractivity contribution in [3.8, 4) is 0 Å². The van der Waals surface area contributed by atoms with E-state index in [9.17, 15) is 9.59 Å². The second-order valence-corrected chi connectivity index (χ2v) is 6.20. The van der Waals surface area contributed by atoms with Gasteiger partial charge >= 0.3 is 12.0 Å². The highest BCUT2D eigenvalue weighted by Gasteiger charge is 2.33. The third-order valence-electron chi connectivity index (χ3n) is 4.46. The van der Waals surface area contributed by atoms with Crippen LogP contribution in [-0.2, 0) is 4.74 Å². The lowest BCUT2D eigenvalue weighted by molar-refractivity contribution is 0.0526. The summed E-state index contributed by atoms with van der Waals surface area (Å²) in [5.74, 6) is -0.353. The fourth-order valence-corrected chi connectivity index (χ4v) is 3.43. The summed E-state index contributed by atoms with van der Waals surface area (Å²) in [5.41, 5.74) is 1.14. The number of nitrogens with one attached hydrogen (secondary N) is 3. The molecule has 6 nitrogen and oxygen atoms in total. The van der Waals surface area contributed by atoms with E-state index < -0.39 is 0 Å². The van der Waals surface area contributed by atoms with Crippen LogP contribution in [0.25, 0.3) is 0 Å². The van der Waals surface area contributed by atoms with Gasteiger partial charge in [0.2, 0.25) is 0 Å². The highest BCUT2D eigenvalue weighted by Crippen LogP contribution is 2.26. The monoisotopic (exact) mass is 317 g/mol. The number of rotatable bonds is 4. The van der Waals surface area contributed by atoms with Gasteiger partial charge in [-0.3, -0.25) is 0 Å². The molecular formula is C17H23N3O3. The van der Waals surface area contributed by atoms with Crippen LogP contribution in [0.4, 0.5) is 10.5 Å². The molecule has 3 N–H and O–H groups in total. The molecule has 2 heterocycles. The number of hydrogen-bond donors (Lipinski definition) is 3. The van der Waals surface area contributed by atoms with Crippen molar-refractivity contribution in [1.82, 2.24) is 10.6 Å². The molecule has 1 aromatic rings. The third-order valence-corrected chi connectivity index (χ3v) is 4.46. The number of carbonyl (C=O) groups excluding carboxylic acids is 2. The normalized spacial score (nSPS) is 25.7. The van der Waals surface area contributed by atoms with E-state index >= 15 is 0 Å². The molecule has 0 radical (unpaired) electrons. The van der Waals surface area contributed by atoms with E-state index in [0.717, 1.165) is 12.8 Å². The van der Waals surface area contributed by atoms with Gasteiger partial charge in [-0.1, -0.05) is 0 Å². The number of hydrogen-bond acceptors (Lipinski definition) is 4. The summed E-state index contributed by atoms with van der Waals surface area (Å²) in [6, 6.07) is 7.84. The smallest absolute Gasteiger partial charge is 0.338 e. The summed E-state index contributed by atoms with van der Waals surface area (Å²) in [5, 5.41) is 9.41. The Morgan fingerprint density at radius 2 is 1.83 bits per heavy atom. The van der Waals surface area contributed by atoms with Gasteiger partial charge in [0.25, 0.3) is 0 Å². The molecule has 2 saturated heterocycles. The average Bonchev–Trinajstić information content (AvgIpc) is 2.87. The topological polar surface area (TPSA) is 79.5 Å². The van der Waals surface area contributed by atoms with Gasteiger partial charge in [-0.2, -0.15) is 0 Å². The van der Waals surface area contributed by atoms with Gasteiger partial charge in [0, 0.05) is 23.8 Å². The number of esters is 1. The lowest BCUT2D eigenvalue weighted by atomic mass is 10.0. The minimum absolute atomic E-state index is 0.194. The minimum atomic E-state index is -0.353. The van der Waals surface area contributed by atoms with E-state index in [2.05, 4.69) is 16.0 Å². The Kier molecular flexibility index (Phi) is 4.81. The van der Waals surface area contributed by atoms with Crippen molar-refractivity contribution in [2.75, 3.05) is 11.9 Å². The molecule has 2 fully saturated rings. The van der Waals surface area contributed by atoms with E-state index in [1.54, 1.807) is 31.2 Å². The van der Waals surface area contributed by atoms with Crippen molar-refractivity contribution in [2.24, 2.45) is 0 Å². The first kappa shape index (κ1) is 15.8. The Balaban J connectivity index is 1.50. The summed E-state index contributed by atoms with van der Waals surface area (Å²) >= 11 is 0. The quantitative estimate of drug-likeness (QED) is 0.744. The third kappa shape index (κ3) is 4.01. The second-order valence-electron chi connectivity index (χ2n) is 6.20. The zero-order chi connectivity index (χ0) is 16.2. The highest BCUT2D eigenvalue weighted by molar-refractivity contribution is 5.92. The zero-order valence-corrected chi connectivity index (χ0v) is 13.3. The number of anilines is 1. The molecule has 3 rings (SSSR count). The predicted octanol–water partition coefficient (Wildman–Crippen LogP) is 2.27. The van der Waals surface area contributed by atoms with Crippen molar-refractivity contribution >= 4 is 17.7 Å². The molecule has 1 aromatic carbocycles. The number of urea groups is 1. The van der Waals surface area contributed by atoms with E-state index in [4.69, 9.17) is 4.74 Å². The van der Waals surface area contributed by atoms with E-state index in [1.165, 1.54) is 12.8 Å². The molecule has 2 amide bonds. The summed E-state index contributed by atoms with van der Waals surface area (Å²) in [7, 11) is 0. The van der Waals surface area contributed by atoms with Gasteiger partial charge in [-0.05, 0) is 56.9 Å². The summed E-state index contributed by atoms with van der Waals surface area (Å²) in [6.07, 6.45) is 4.40. The molecule has 0 saturated carbocycles.